The van der Waals surface area contributed by atoms with Crippen LogP contribution in [0.1, 0.15) is 27.3 Å². The maximum atomic E-state index is 12.6. The third-order valence-electron chi connectivity index (χ3n) is 4.24. The van der Waals surface area contributed by atoms with Crippen LogP contribution in [0.15, 0.2) is 53.4 Å². The van der Waals surface area contributed by atoms with E-state index in [1.807, 2.05) is 30.3 Å². The fraction of sp³-hybridized carbons (Fsp3) is 0.158. The lowest BCUT2D eigenvalue weighted by Crippen LogP contribution is -2.13. The molecule has 0 aliphatic carbocycles. The molecule has 7 nitrogen and oxygen atoms in total. The predicted octanol–water partition coefficient (Wildman–Crippen LogP) is 3.50. The number of hydrogen-bond donors (Lipinski definition) is 1. The van der Waals surface area contributed by atoms with Crippen molar-refractivity contribution >= 4 is 22.6 Å². The number of halogens is 1. The van der Waals surface area contributed by atoms with Crippen LogP contribution in [0.3, 0.4) is 0 Å². The zero-order chi connectivity index (χ0) is 18.8. The van der Waals surface area contributed by atoms with Crippen LogP contribution in [0.25, 0.3) is 10.9 Å². The Morgan fingerprint density at radius 2 is 2.11 bits per heavy atom. The van der Waals surface area contributed by atoms with Crippen molar-refractivity contribution in [3.63, 3.8) is 0 Å². The van der Waals surface area contributed by atoms with Gasteiger partial charge in [0.1, 0.15) is 18.5 Å². The Balaban J connectivity index is 1.66. The first-order chi connectivity index (χ1) is 13.2. The summed E-state index contributed by atoms with van der Waals surface area (Å²) in [6.07, 6.45) is 2.94. The van der Waals surface area contributed by atoms with E-state index in [-0.39, 0.29) is 5.91 Å². The van der Waals surface area contributed by atoms with Gasteiger partial charge in [0.2, 0.25) is 0 Å². The van der Waals surface area contributed by atoms with Gasteiger partial charge in [0.25, 0.3) is 5.91 Å². The highest BCUT2D eigenvalue weighted by Gasteiger charge is 2.17. The number of aryl methyl sites for hydroxylation is 1. The van der Waals surface area contributed by atoms with E-state index in [0.29, 0.717) is 29.3 Å². The summed E-state index contributed by atoms with van der Waals surface area (Å²) in [6.45, 7) is 1.55. The molecule has 1 amide bonds. The third-order valence-corrected chi connectivity index (χ3v) is 4.24. The van der Waals surface area contributed by atoms with Gasteiger partial charge in [-0.1, -0.05) is 23.4 Å². The van der Waals surface area contributed by atoms with Crippen molar-refractivity contribution < 1.29 is 13.7 Å². The number of benzene rings is 1. The van der Waals surface area contributed by atoms with E-state index in [4.69, 9.17) is 4.52 Å². The van der Waals surface area contributed by atoms with Crippen molar-refractivity contribution in [2.24, 2.45) is 0 Å². The molecule has 0 fully saturated rings. The lowest BCUT2D eigenvalue weighted by atomic mass is 10.2. The summed E-state index contributed by atoms with van der Waals surface area (Å²) >= 11 is 0. The Hall–Kier alpha value is -3.55. The molecule has 0 bridgehead atoms. The number of pyridine rings is 1. The van der Waals surface area contributed by atoms with E-state index in [1.165, 1.54) is 6.26 Å². The number of alkyl halides is 1. The third kappa shape index (κ3) is 3.29. The van der Waals surface area contributed by atoms with Crippen molar-refractivity contribution in [3.05, 3.63) is 71.4 Å². The maximum absolute atomic E-state index is 12.6. The molecule has 0 radical (unpaired) electrons. The van der Waals surface area contributed by atoms with Crippen molar-refractivity contribution in [1.29, 1.82) is 0 Å². The minimum absolute atomic E-state index is 0.335. The first kappa shape index (κ1) is 16.9. The second-order valence-electron chi connectivity index (χ2n) is 6.08. The average Bonchev–Trinajstić information content (AvgIpc) is 3.27. The average molecular weight is 365 g/mol. The molecule has 0 saturated carbocycles. The van der Waals surface area contributed by atoms with Gasteiger partial charge in [-0.05, 0) is 30.7 Å². The number of amides is 1. The molecule has 27 heavy (non-hydrogen) atoms. The molecule has 136 valence electrons. The number of carbonyl (C=O) groups excluding carboxylic acids is 1. The number of fused-ring (bicyclic) bond motifs is 1. The zero-order valence-electron chi connectivity index (χ0n) is 14.5. The fourth-order valence-corrected chi connectivity index (χ4v) is 2.83. The number of anilines is 1. The van der Waals surface area contributed by atoms with E-state index < -0.39 is 6.67 Å². The fourth-order valence-electron chi connectivity index (χ4n) is 2.83. The van der Waals surface area contributed by atoms with Crippen LogP contribution in [0.5, 0.6) is 0 Å². The Labute approximate surface area is 153 Å². The van der Waals surface area contributed by atoms with Crippen LogP contribution in [0.2, 0.25) is 0 Å². The van der Waals surface area contributed by atoms with Gasteiger partial charge in [-0.2, -0.15) is 5.10 Å². The monoisotopic (exact) mass is 365 g/mol. The molecule has 3 aromatic heterocycles. The molecule has 0 aliphatic rings. The summed E-state index contributed by atoms with van der Waals surface area (Å²) in [5.41, 5.74) is 3.01. The van der Waals surface area contributed by atoms with Gasteiger partial charge in [0.15, 0.2) is 5.82 Å². The second-order valence-corrected chi connectivity index (χ2v) is 6.08. The molecule has 0 aliphatic heterocycles. The highest BCUT2D eigenvalue weighted by molar-refractivity contribution is 6.08. The van der Waals surface area contributed by atoms with Crippen molar-refractivity contribution in [2.75, 3.05) is 5.32 Å². The molecule has 0 unspecified atom stereocenters. The Morgan fingerprint density at radius 1 is 1.26 bits per heavy atom. The van der Waals surface area contributed by atoms with Crippen LogP contribution in [-0.2, 0) is 13.2 Å². The molecule has 4 aromatic rings. The maximum Gasteiger partial charge on any atom is 0.262 e. The van der Waals surface area contributed by atoms with Crippen molar-refractivity contribution in [1.82, 2.24) is 19.9 Å². The van der Waals surface area contributed by atoms with Gasteiger partial charge in [0.05, 0.1) is 23.4 Å². The Morgan fingerprint density at radius 3 is 2.81 bits per heavy atom. The highest BCUT2D eigenvalue weighted by atomic mass is 19.1. The lowest BCUT2D eigenvalue weighted by molar-refractivity contribution is 0.102. The first-order valence-corrected chi connectivity index (χ1v) is 8.33. The zero-order valence-corrected chi connectivity index (χ0v) is 14.5. The number of hydrogen-bond acceptors (Lipinski definition) is 5. The number of rotatable bonds is 5. The van der Waals surface area contributed by atoms with Gasteiger partial charge in [-0.25, -0.2) is 4.39 Å². The highest BCUT2D eigenvalue weighted by Crippen LogP contribution is 2.24. The summed E-state index contributed by atoms with van der Waals surface area (Å²) < 4.78 is 19.2. The summed E-state index contributed by atoms with van der Waals surface area (Å²) in [7, 11) is 0. The van der Waals surface area contributed by atoms with E-state index in [1.54, 1.807) is 23.9 Å². The molecular weight excluding hydrogens is 349 g/mol. The molecule has 4 rings (SSSR count). The van der Waals surface area contributed by atoms with Crippen LogP contribution >= 0.6 is 0 Å². The first-order valence-electron chi connectivity index (χ1n) is 8.33. The van der Waals surface area contributed by atoms with E-state index in [9.17, 15) is 9.18 Å². The summed E-state index contributed by atoms with van der Waals surface area (Å²) in [6, 6.07) is 11.1. The molecule has 0 saturated heterocycles. The van der Waals surface area contributed by atoms with Gasteiger partial charge < -0.3 is 9.84 Å². The molecule has 0 spiro atoms. The van der Waals surface area contributed by atoms with Gasteiger partial charge in [-0.15, -0.1) is 0 Å². The number of para-hydroxylation sites is 1. The van der Waals surface area contributed by atoms with Crippen LogP contribution in [0.4, 0.5) is 10.2 Å². The SMILES string of the molecule is Cc1nocc1C(=O)Nc1nn(Cc2ccc(CF)nc2)c2ccccc12. The summed E-state index contributed by atoms with van der Waals surface area (Å²) in [5, 5.41) is 11.9. The second kappa shape index (κ2) is 6.99. The van der Waals surface area contributed by atoms with E-state index >= 15 is 0 Å². The quantitative estimate of drug-likeness (QED) is 0.585. The van der Waals surface area contributed by atoms with Crippen LogP contribution in [-0.4, -0.2) is 25.8 Å². The van der Waals surface area contributed by atoms with E-state index in [2.05, 4.69) is 20.6 Å². The number of nitrogens with zero attached hydrogens (tertiary/aromatic N) is 4. The summed E-state index contributed by atoms with van der Waals surface area (Å²) in [5.74, 6) is 0.114. The van der Waals surface area contributed by atoms with E-state index in [0.717, 1.165) is 16.5 Å². The standard InChI is InChI=1S/C19H16FN5O2/c1-12-16(11-27-24-12)19(26)22-18-15-4-2-3-5-17(15)25(23-18)10-13-6-7-14(8-20)21-9-13/h2-7,9,11H,8,10H2,1H3,(H,22,23,26). The number of carbonyl (C=O) groups is 1. The van der Waals surface area contributed by atoms with Crippen LogP contribution in [0, 0.1) is 6.92 Å². The Bertz CT molecular complexity index is 1100. The summed E-state index contributed by atoms with van der Waals surface area (Å²) in [4.78, 5) is 16.5. The lowest BCUT2D eigenvalue weighted by Gasteiger charge is -2.04. The molecule has 8 heteroatoms. The molecule has 1 N–H and O–H groups in total. The van der Waals surface area contributed by atoms with Gasteiger partial charge >= 0.3 is 0 Å². The normalized spacial score (nSPS) is 11.0. The van der Waals surface area contributed by atoms with Crippen LogP contribution < -0.4 is 5.32 Å². The molecule has 0 atom stereocenters. The minimum atomic E-state index is -0.594. The minimum Gasteiger partial charge on any atom is -0.364 e. The Kier molecular flexibility index (Phi) is 4.37. The van der Waals surface area contributed by atoms with Gasteiger partial charge in [0, 0.05) is 11.6 Å². The number of nitrogens with one attached hydrogen (secondary N) is 1. The predicted molar refractivity (Wildman–Crippen MR) is 97.1 cm³/mol. The van der Waals surface area contributed by atoms with Gasteiger partial charge in [-0.3, -0.25) is 14.5 Å². The topological polar surface area (TPSA) is 85.8 Å². The van der Waals surface area contributed by atoms with Crippen molar-refractivity contribution in [3.8, 4) is 0 Å². The largest absolute Gasteiger partial charge is 0.364 e. The molecule has 3 heterocycles. The smallest absolute Gasteiger partial charge is 0.262 e. The van der Waals surface area contributed by atoms with Crippen molar-refractivity contribution in [2.45, 2.75) is 20.1 Å². The molecular formula is C19H16FN5O2. The number of aromatic nitrogens is 4. The molecule has 1 aromatic carbocycles.